The summed E-state index contributed by atoms with van der Waals surface area (Å²) in [5, 5.41) is 26.1. The second-order valence-corrected chi connectivity index (χ2v) is 7.72. The van der Waals surface area contributed by atoms with Gasteiger partial charge < -0.3 is 14.2 Å². The number of hydrogen-bond donors (Lipinski definition) is 0. The lowest BCUT2D eigenvalue weighted by molar-refractivity contribution is -0.174. The maximum Gasteiger partial charge on any atom is 0.320 e. The van der Waals surface area contributed by atoms with Gasteiger partial charge in [0.1, 0.15) is 39.1 Å². The van der Waals surface area contributed by atoms with Crippen LogP contribution in [0.2, 0.25) is 0 Å². The molecule has 33 heavy (non-hydrogen) atoms. The molecule has 1 heterocycles. The Bertz CT molecular complexity index is 839. The molecule has 0 aromatic carbocycles. The Labute approximate surface area is 189 Å². The Morgan fingerprint density at radius 1 is 0.758 bits per heavy atom. The predicted molar refractivity (Wildman–Crippen MR) is 104 cm³/mol. The number of carbonyl (C=O) groups excluding carboxylic acids is 5. The SMILES string of the molecule is N#CCC(=O)OCC(COC(=O)CC#N)(COC(=O)CC#N)N1C(=O)C2CCCCC2C1=O. The van der Waals surface area contributed by atoms with E-state index in [0.717, 1.165) is 17.7 Å². The molecule has 0 radical (unpaired) electrons. The maximum absolute atomic E-state index is 13.2. The van der Waals surface area contributed by atoms with Crippen LogP contribution in [0.3, 0.4) is 0 Å². The second-order valence-electron chi connectivity index (χ2n) is 7.72. The largest absolute Gasteiger partial charge is 0.462 e. The highest BCUT2D eigenvalue weighted by molar-refractivity contribution is 6.06. The van der Waals surface area contributed by atoms with Gasteiger partial charge in [0.05, 0.1) is 30.0 Å². The van der Waals surface area contributed by atoms with Crippen molar-refractivity contribution in [1.29, 1.82) is 15.8 Å². The summed E-state index contributed by atoms with van der Waals surface area (Å²) in [6, 6.07) is 4.80. The Hall–Kier alpha value is -3.98. The van der Waals surface area contributed by atoms with E-state index >= 15 is 0 Å². The van der Waals surface area contributed by atoms with Crippen LogP contribution in [0.25, 0.3) is 0 Å². The fourth-order valence-electron chi connectivity index (χ4n) is 3.94. The summed E-state index contributed by atoms with van der Waals surface area (Å²) in [6.45, 7) is -2.15. The minimum Gasteiger partial charge on any atom is -0.462 e. The van der Waals surface area contributed by atoms with Gasteiger partial charge in [-0.1, -0.05) is 12.8 Å². The number of imide groups is 1. The number of ether oxygens (including phenoxy) is 3. The van der Waals surface area contributed by atoms with Crippen LogP contribution in [0.1, 0.15) is 44.9 Å². The van der Waals surface area contributed by atoms with Crippen molar-refractivity contribution in [2.75, 3.05) is 19.8 Å². The molecule has 0 N–H and O–H groups in total. The van der Waals surface area contributed by atoms with Crippen LogP contribution in [0, 0.1) is 45.8 Å². The number of nitrogens with zero attached hydrogens (tertiary/aromatic N) is 4. The summed E-state index contributed by atoms with van der Waals surface area (Å²) in [6.07, 6.45) is 0.568. The third-order valence-electron chi connectivity index (χ3n) is 5.49. The van der Waals surface area contributed by atoms with Crippen molar-refractivity contribution < 1.29 is 38.2 Å². The number of hydrogen-bond acceptors (Lipinski definition) is 11. The van der Waals surface area contributed by atoms with Gasteiger partial charge in [0.25, 0.3) is 0 Å². The number of likely N-dealkylation sites (tertiary alicyclic amines) is 1. The third kappa shape index (κ3) is 6.05. The van der Waals surface area contributed by atoms with Crippen LogP contribution in [0.4, 0.5) is 0 Å². The van der Waals surface area contributed by atoms with Crippen molar-refractivity contribution in [3.63, 3.8) is 0 Å². The molecule has 2 unspecified atom stereocenters. The van der Waals surface area contributed by atoms with Crippen molar-refractivity contribution in [1.82, 2.24) is 4.90 Å². The fourth-order valence-corrected chi connectivity index (χ4v) is 3.94. The minimum absolute atomic E-state index is 0.471. The molecule has 0 aromatic rings. The minimum atomic E-state index is -1.92. The molecule has 1 saturated carbocycles. The first-order chi connectivity index (χ1) is 15.8. The first-order valence-electron chi connectivity index (χ1n) is 10.2. The molecule has 2 fully saturated rings. The Balaban J connectivity index is 2.43. The molecule has 2 aliphatic rings. The molecule has 2 atom stereocenters. The van der Waals surface area contributed by atoms with Crippen molar-refractivity contribution in [3.8, 4) is 18.2 Å². The lowest BCUT2D eigenvalue weighted by Gasteiger charge is -2.38. The van der Waals surface area contributed by atoms with Crippen molar-refractivity contribution >= 4 is 29.7 Å². The first kappa shape index (κ1) is 25.3. The van der Waals surface area contributed by atoms with E-state index in [-0.39, 0.29) is 0 Å². The molecular formula is C21H22N4O8. The van der Waals surface area contributed by atoms with E-state index in [4.69, 9.17) is 30.0 Å². The van der Waals surface area contributed by atoms with E-state index in [1.807, 2.05) is 0 Å². The fraction of sp³-hybridized carbons (Fsp3) is 0.619. The summed E-state index contributed by atoms with van der Waals surface area (Å²) >= 11 is 0. The van der Waals surface area contributed by atoms with Gasteiger partial charge >= 0.3 is 17.9 Å². The molecule has 1 aliphatic carbocycles. The Kier molecular flexibility index (Phi) is 8.88. The van der Waals surface area contributed by atoms with Gasteiger partial charge in [0, 0.05) is 0 Å². The third-order valence-corrected chi connectivity index (χ3v) is 5.49. The summed E-state index contributed by atoms with van der Waals surface area (Å²) < 4.78 is 15.2. The molecule has 1 saturated heterocycles. The zero-order chi connectivity index (χ0) is 24.4. The highest BCUT2D eigenvalue weighted by Crippen LogP contribution is 2.41. The Morgan fingerprint density at radius 3 is 1.39 bits per heavy atom. The normalized spacial score (nSPS) is 19.5. The van der Waals surface area contributed by atoms with E-state index < -0.39 is 86.2 Å². The van der Waals surface area contributed by atoms with Crippen LogP contribution >= 0.6 is 0 Å². The standard InChI is InChI=1S/C21H22N4O8/c22-8-5-16(26)31-11-21(12-32-17(27)6-9-23,13-33-18(28)7-10-24)25-19(29)14-3-1-2-4-15(14)20(25)30/h14-15H,1-7,11-13H2. The van der Waals surface area contributed by atoms with Gasteiger partial charge in [0.15, 0.2) is 5.54 Å². The average Bonchev–Trinajstić information content (AvgIpc) is 3.05. The van der Waals surface area contributed by atoms with Crippen LogP contribution < -0.4 is 0 Å². The summed E-state index contributed by atoms with van der Waals surface area (Å²) in [4.78, 5) is 62.9. The van der Waals surface area contributed by atoms with E-state index in [1.54, 1.807) is 18.2 Å². The average molecular weight is 458 g/mol. The van der Waals surface area contributed by atoms with Gasteiger partial charge in [0.2, 0.25) is 11.8 Å². The van der Waals surface area contributed by atoms with E-state index in [9.17, 15) is 24.0 Å². The van der Waals surface area contributed by atoms with Gasteiger partial charge in [-0.2, -0.15) is 15.8 Å². The molecule has 12 heteroatoms. The van der Waals surface area contributed by atoms with Gasteiger partial charge in [-0.05, 0) is 12.8 Å². The lowest BCUT2D eigenvalue weighted by Crippen LogP contribution is -2.61. The predicted octanol–water partition coefficient (Wildman–Crippen LogP) is 0.271. The van der Waals surface area contributed by atoms with Gasteiger partial charge in [-0.15, -0.1) is 0 Å². The number of amides is 2. The molecule has 12 nitrogen and oxygen atoms in total. The van der Waals surface area contributed by atoms with Crippen LogP contribution in [0.5, 0.6) is 0 Å². The summed E-state index contributed by atoms with van der Waals surface area (Å²) in [7, 11) is 0. The maximum atomic E-state index is 13.2. The van der Waals surface area contributed by atoms with Crippen LogP contribution in [-0.4, -0.2) is 60.0 Å². The van der Waals surface area contributed by atoms with E-state index in [2.05, 4.69) is 0 Å². The van der Waals surface area contributed by atoms with E-state index in [0.29, 0.717) is 12.8 Å². The number of nitriles is 3. The second kappa shape index (κ2) is 11.6. The van der Waals surface area contributed by atoms with Gasteiger partial charge in [-0.25, -0.2) is 0 Å². The topological polar surface area (TPSA) is 188 Å². The molecule has 2 rings (SSSR count). The van der Waals surface area contributed by atoms with Crippen molar-refractivity contribution in [3.05, 3.63) is 0 Å². The summed E-state index contributed by atoms with van der Waals surface area (Å²) in [5.74, 6) is -5.27. The van der Waals surface area contributed by atoms with Crippen molar-refractivity contribution in [2.45, 2.75) is 50.5 Å². The lowest BCUT2D eigenvalue weighted by atomic mass is 9.81. The molecule has 2 amide bonds. The van der Waals surface area contributed by atoms with Crippen molar-refractivity contribution in [2.24, 2.45) is 11.8 Å². The highest BCUT2D eigenvalue weighted by Gasteiger charge is 2.57. The monoisotopic (exact) mass is 458 g/mol. The molecule has 0 aromatic heterocycles. The van der Waals surface area contributed by atoms with Crippen LogP contribution in [0.15, 0.2) is 0 Å². The molecular weight excluding hydrogens is 436 g/mol. The zero-order valence-electron chi connectivity index (χ0n) is 17.8. The van der Waals surface area contributed by atoms with Gasteiger partial charge in [-0.3, -0.25) is 28.9 Å². The first-order valence-corrected chi connectivity index (χ1v) is 10.2. The summed E-state index contributed by atoms with van der Waals surface area (Å²) in [5.41, 5.74) is -1.92. The molecule has 0 bridgehead atoms. The number of carbonyl (C=O) groups is 5. The quantitative estimate of drug-likeness (QED) is 0.248. The Morgan fingerprint density at radius 2 is 1.09 bits per heavy atom. The smallest absolute Gasteiger partial charge is 0.320 e. The zero-order valence-corrected chi connectivity index (χ0v) is 17.8. The van der Waals surface area contributed by atoms with E-state index in [1.165, 1.54) is 0 Å². The molecule has 174 valence electrons. The molecule has 1 aliphatic heterocycles. The highest BCUT2D eigenvalue weighted by atomic mass is 16.6. The number of esters is 3. The van der Waals surface area contributed by atoms with Crippen LogP contribution in [-0.2, 0) is 38.2 Å². The number of fused-ring (bicyclic) bond motifs is 1. The molecule has 0 spiro atoms. The number of rotatable bonds is 10.